The first-order chi connectivity index (χ1) is 10.2. The van der Waals surface area contributed by atoms with Gasteiger partial charge in [-0.1, -0.05) is 6.92 Å². The van der Waals surface area contributed by atoms with Crippen LogP contribution in [0.5, 0.6) is 0 Å². The Bertz CT molecular complexity index is 641. The van der Waals surface area contributed by atoms with Crippen molar-refractivity contribution in [1.82, 2.24) is 0 Å². The number of thiophene rings is 1. The molecule has 1 N–H and O–H groups in total. The molecule has 1 aromatic heterocycles. The largest absolute Gasteiger partial charge is 0.462 e. The van der Waals surface area contributed by atoms with Gasteiger partial charge in [0.25, 0.3) is 0 Å². The van der Waals surface area contributed by atoms with Crippen molar-refractivity contribution in [2.45, 2.75) is 19.9 Å². The third-order valence-electron chi connectivity index (χ3n) is 2.80. The number of rotatable bonds is 6. The van der Waals surface area contributed by atoms with Crippen molar-refractivity contribution in [2.24, 2.45) is 0 Å². The summed E-state index contributed by atoms with van der Waals surface area (Å²) in [6.45, 7) is 3.06. The topological polar surface area (TPSA) is 62.1 Å². The predicted octanol–water partition coefficient (Wildman–Crippen LogP) is 3.80. The van der Waals surface area contributed by atoms with Crippen molar-refractivity contribution in [1.29, 1.82) is 5.26 Å². The molecule has 21 heavy (non-hydrogen) atoms. The first-order valence-electron chi connectivity index (χ1n) is 6.73. The molecule has 0 amide bonds. The predicted molar refractivity (Wildman–Crippen MR) is 83.4 cm³/mol. The Kier molecular flexibility index (Phi) is 5.35. The number of hydrogen-bond acceptors (Lipinski definition) is 5. The van der Waals surface area contributed by atoms with E-state index in [2.05, 4.69) is 11.4 Å². The lowest BCUT2D eigenvalue weighted by molar-refractivity contribution is 0.0505. The minimum atomic E-state index is -0.291. The van der Waals surface area contributed by atoms with E-state index in [9.17, 15) is 4.79 Å². The summed E-state index contributed by atoms with van der Waals surface area (Å²) in [5, 5.41) is 12.0. The summed E-state index contributed by atoms with van der Waals surface area (Å²) in [6, 6.07) is 13.1. The van der Waals surface area contributed by atoms with Gasteiger partial charge in [0, 0.05) is 17.1 Å². The lowest BCUT2D eigenvalue weighted by Gasteiger charge is -2.06. The molecule has 0 unspecified atom stereocenters. The standard InChI is InChI=1S/C16H16N2O2S/c1-2-9-20-16(19)12-3-5-13(6-4-12)18-11-15-8-7-14(10-17)21-15/h3-8,18H,2,9,11H2,1H3. The van der Waals surface area contributed by atoms with E-state index in [1.165, 1.54) is 11.3 Å². The van der Waals surface area contributed by atoms with Crippen LogP contribution in [0.25, 0.3) is 0 Å². The molecule has 1 heterocycles. The van der Waals surface area contributed by atoms with Gasteiger partial charge in [-0.05, 0) is 42.8 Å². The van der Waals surface area contributed by atoms with Crippen LogP contribution in [0.3, 0.4) is 0 Å². The van der Waals surface area contributed by atoms with Gasteiger partial charge in [0.05, 0.1) is 12.2 Å². The quantitative estimate of drug-likeness (QED) is 0.824. The number of carbonyl (C=O) groups excluding carboxylic acids is 1. The van der Waals surface area contributed by atoms with E-state index < -0.39 is 0 Å². The number of nitrogens with zero attached hydrogens (tertiary/aromatic N) is 1. The van der Waals surface area contributed by atoms with Gasteiger partial charge in [0.2, 0.25) is 0 Å². The summed E-state index contributed by atoms with van der Waals surface area (Å²) < 4.78 is 5.07. The Labute approximate surface area is 128 Å². The average Bonchev–Trinajstić information content (AvgIpc) is 2.99. The highest BCUT2D eigenvalue weighted by molar-refractivity contribution is 7.12. The normalized spacial score (nSPS) is 9.90. The van der Waals surface area contributed by atoms with Gasteiger partial charge in [-0.15, -0.1) is 11.3 Å². The summed E-state index contributed by atoms with van der Waals surface area (Å²) >= 11 is 1.47. The van der Waals surface area contributed by atoms with Gasteiger partial charge in [-0.3, -0.25) is 0 Å². The zero-order chi connectivity index (χ0) is 15.1. The van der Waals surface area contributed by atoms with Crippen molar-refractivity contribution < 1.29 is 9.53 Å². The van der Waals surface area contributed by atoms with Gasteiger partial charge >= 0.3 is 5.97 Å². The van der Waals surface area contributed by atoms with Crippen molar-refractivity contribution in [3.8, 4) is 6.07 Å². The summed E-state index contributed by atoms with van der Waals surface area (Å²) in [7, 11) is 0. The van der Waals surface area contributed by atoms with Gasteiger partial charge < -0.3 is 10.1 Å². The fourth-order valence-electron chi connectivity index (χ4n) is 1.72. The van der Waals surface area contributed by atoms with Crippen LogP contribution in [0.15, 0.2) is 36.4 Å². The zero-order valence-corrected chi connectivity index (χ0v) is 12.6. The molecule has 2 aromatic rings. The SMILES string of the molecule is CCCOC(=O)c1ccc(NCc2ccc(C#N)s2)cc1. The molecule has 0 saturated carbocycles. The minimum absolute atomic E-state index is 0.291. The van der Waals surface area contributed by atoms with E-state index in [1.54, 1.807) is 12.1 Å². The third-order valence-corrected chi connectivity index (χ3v) is 3.79. The number of carbonyl (C=O) groups is 1. The Balaban J connectivity index is 1.90. The molecular weight excluding hydrogens is 284 g/mol. The second-order valence-electron chi connectivity index (χ2n) is 4.44. The molecule has 0 aliphatic rings. The Morgan fingerprint density at radius 2 is 2.05 bits per heavy atom. The molecule has 0 radical (unpaired) electrons. The first kappa shape index (κ1) is 15.1. The number of esters is 1. The van der Waals surface area contributed by atoms with E-state index in [1.807, 2.05) is 31.2 Å². The minimum Gasteiger partial charge on any atom is -0.462 e. The molecule has 0 atom stereocenters. The third kappa shape index (κ3) is 4.33. The molecule has 4 nitrogen and oxygen atoms in total. The van der Waals surface area contributed by atoms with E-state index in [-0.39, 0.29) is 5.97 Å². The zero-order valence-electron chi connectivity index (χ0n) is 11.8. The van der Waals surface area contributed by atoms with Crippen LogP contribution in [0.2, 0.25) is 0 Å². The number of nitriles is 1. The Morgan fingerprint density at radius 1 is 1.29 bits per heavy atom. The van der Waals surface area contributed by atoms with Crippen molar-refractivity contribution in [3.63, 3.8) is 0 Å². The fraction of sp³-hybridized carbons (Fsp3) is 0.250. The fourth-order valence-corrected chi connectivity index (χ4v) is 2.47. The summed E-state index contributed by atoms with van der Waals surface area (Å²) in [6.07, 6.45) is 0.816. The second kappa shape index (κ2) is 7.46. The lowest BCUT2D eigenvalue weighted by atomic mass is 10.2. The van der Waals surface area contributed by atoms with Crippen LogP contribution in [0.4, 0.5) is 5.69 Å². The van der Waals surface area contributed by atoms with Crippen molar-refractivity contribution in [2.75, 3.05) is 11.9 Å². The highest BCUT2D eigenvalue weighted by Gasteiger charge is 2.06. The maximum absolute atomic E-state index is 11.7. The van der Waals surface area contributed by atoms with E-state index in [4.69, 9.17) is 10.00 Å². The number of ether oxygens (including phenoxy) is 1. The molecule has 5 heteroatoms. The van der Waals surface area contributed by atoms with Gasteiger partial charge in [0.15, 0.2) is 0 Å². The molecule has 0 aliphatic carbocycles. The number of hydrogen-bond donors (Lipinski definition) is 1. The summed E-state index contributed by atoms with van der Waals surface area (Å²) in [5.41, 5.74) is 1.48. The maximum atomic E-state index is 11.7. The van der Waals surface area contributed by atoms with Gasteiger partial charge in [0.1, 0.15) is 10.9 Å². The second-order valence-corrected chi connectivity index (χ2v) is 5.61. The van der Waals surface area contributed by atoms with Crippen molar-refractivity contribution >= 4 is 23.0 Å². The highest BCUT2D eigenvalue weighted by atomic mass is 32.1. The molecule has 0 bridgehead atoms. The highest BCUT2D eigenvalue weighted by Crippen LogP contribution is 2.17. The van der Waals surface area contributed by atoms with E-state index >= 15 is 0 Å². The lowest BCUT2D eigenvalue weighted by Crippen LogP contribution is -2.06. The van der Waals surface area contributed by atoms with Crippen LogP contribution in [0.1, 0.15) is 33.5 Å². The summed E-state index contributed by atoms with van der Waals surface area (Å²) in [4.78, 5) is 13.5. The van der Waals surface area contributed by atoms with Crippen LogP contribution < -0.4 is 5.32 Å². The number of nitrogens with one attached hydrogen (secondary N) is 1. The Hall–Kier alpha value is -2.32. The monoisotopic (exact) mass is 300 g/mol. The molecule has 1 aromatic carbocycles. The smallest absolute Gasteiger partial charge is 0.338 e. The number of benzene rings is 1. The maximum Gasteiger partial charge on any atom is 0.338 e. The average molecular weight is 300 g/mol. The summed E-state index contributed by atoms with van der Waals surface area (Å²) in [5.74, 6) is -0.291. The van der Waals surface area contributed by atoms with Crippen LogP contribution >= 0.6 is 11.3 Å². The number of anilines is 1. The molecule has 2 rings (SSSR count). The van der Waals surface area contributed by atoms with Crippen LogP contribution in [-0.4, -0.2) is 12.6 Å². The molecule has 0 aliphatic heterocycles. The van der Waals surface area contributed by atoms with Crippen LogP contribution in [-0.2, 0) is 11.3 Å². The van der Waals surface area contributed by atoms with Gasteiger partial charge in [-0.25, -0.2) is 4.79 Å². The molecule has 108 valence electrons. The molecule has 0 saturated heterocycles. The first-order valence-corrected chi connectivity index (χ1v) is 7.54. The van der Waals surface area contributed by atoms with Gasteiger partial charge in [-0.2, -0.15) is 5.26 Å². The van der Waals surface area contributed by atoms with E-state index in [0.29, 0.717) is 23.6 Å². The molecule has 0 fully saturated rings. The van der Waals surface area contributed by atoms with E-state index in [0.717, 1.165) is 17.0 Å². The Morgan fingerprint density at radius 3 is 2.67 bits per heavy atom. The molecule has 0 spiro atoms. The van der Waals surface area contributed by atoms with Crippen molar-refractivity contribution in [3.05, 3.63) is 51.7 Å². The van der Waals surface area contributed by atoms with Crippen LogP contribution in [0, 0.1) is 11.3 Å². The molecular formula is C16H16N2O2S.